The van der Waals surface area contributed by atoms with E-state index in [-0.39, 0.29) is 17.5 Å². The van der Waals surface area contributed by atoms with Crippen LogP contribution >= 0.6 is 0 Å². The maximum atomic E-state index is 12.6. The molecule has 0 bridgehead atoms. The normalized spacial score (nSPS) is 20.9. The van der Waals surface area contributed by atoms with Gasteiger partial charge in [0.05, 0.1) is 12.3 Å². The molecule has 1 atom stereocenters. The van der Waals surface area contributed by atoms with Crippen LogP contribution in [0.1, 0.15) is 34.6 Å². The third-order valence-electron chi connectivity index (χ3n) is 3.69. The summed E-state index contributed by atoms with van der Waals surface area (Å²) in [5.41, 5.74) is 1.82. The number of benzene rings is 1. The highest BCUT2D eigenvalue weighted by Crippen LogP contribution is 2.35. The molecule has 3 rings (SSSR count). The van der Waals surface area contributed by atoms with E-state index in [2.05, 4.69) is 5.32 Å². The van der Waals surface area contributed by atoms with Crippen LogP contribution in [0.2, 0.25) is 0 Å². The highest BCUT2D eigenvalue weighted by Gasteiger charge is 2.37. The zero-order chi connectivity index (χ0) is 14.3. The Kier molecular flexibility index (Phi) is 2.93. The molecule has 1 unspecified atom stereocenters. The van der Waals surface area contributed by atoms with Gasteiger partial charge in [0.25, 0.3) is 0 Å². The van der Waals surface area contributed by atoms with Gasteiger partial charge < -0.3 is 10.1 Å². The lowest BCUT2D eigenvalue weighted by Gasteiger charge is -2.29. The van der Waals surface area contributed by atoms with Crippen molar-refractivity contribution in [1.29, 1.82) is 0 Å². The molecule has 0 spiro atoms. The van der Waals surface area contributed by atoms with Crippen molar-refractivity contribution in [2.45, 2.75) is 13.8 Å². The van der Waals surface area contributed by atoms with Crippen LogP contribution in [0.25, 0.3) is 0 Å². The van der Waals surface area contributed by atoms with Gasteiger partial charge in [0.15, 0.2) is 5.78 Å². The van der Waals surface area contributed by atoms with E-state index in [0.717, 1.165) is 0 Å². The van der Waals surface area contributed by atoms with E-state index in [0.29, 0.717) is 34.8 Å². The Balaban J connectivity index is 2.09. The van der Waals surface area contributed by atoms with Crippen molar-refractivity contribution >= 4 is 11.6 Å². The van der Waals surface area contributed by atoms with E-state index in [4.69, 9.17) is 4.74 Å². The van der Waals surface area contributed by atoms with Crippen molar-refractivity contribution in [2.75, 3.05) is 6.61 Å². The summed E-state index contributed by atoms with van der Waals surface area (Å²) >= 11 is 0. The maximum absolute atomic E-state index is 12.6. The minimum Gasteiger partial charge on any atom is -0.496 e. The Bertz CT molecular complexity index is 670. The Morgan fingerprint density at radius 1 is 1.15 bits per heavy atom. The predicted octanol–water partition coefficient (Wildman–Crippen LogP) is 2.44. The summed E-state index contributed by atoms with van der Waals surface area (Å²) in [4.78, 5) is 25.1. The molecular formula is C16H15NO3. The van der Waals surface area contributed by atoms with Crippen LogP contribution in [0.15, 0.2) is 47.5 Å². The molecule has 20 heavy (non-hydrogen) atoms. The molecule has 0 amide bonds. The molecule has 0 radical (unpaired) electrons. The van der Waals surface area contributed by atoms with Gasteiger partial charge in [0.2, 0.25) is 5.78 Å². The first-order chi connectivity index (χ1) is 9.65. The van der Waals surface area contributed by atoms with E-state index >= 15 is 0 Å². The lowest BCUT2D eigenvalue weighted by molar-refractivity contribution is 0.0951. The maximum Gasteiger partial charge on any atom is 0.210 e. The number of ether oxygens (including phenoxy) is 1. The van der Waals surface area contributed by atoms with Gasteiger partial charge in [-0.2, -0.15) is 0 Å². The van der Waals surface area contributed by atoms with Gasteiger partial charge in [-0.05, 0) is 6.92 Å². The van der Waals surface area contributed by atoms with Crippen LogP contribution in [-0.4, -0.2) is 18.2 Å². The van der Waals surface area contributed by atoms with Gasteiger partial charge in [-0.15, -0.1) is 0 Å². The van der Waals surface area contributed by atoms with Gasteiger partial charge in [-0.1, -0.05) is 31.2 Å². The molecule has 4 nitrogen and oxygen atoms in total. The molecule has 1 aliphatic carbocycles. The molecule has 102 valence electrons. The van der Waals surface area contributed by atoms with E-state index in [1.165, 1.54) is 0 Å². The second-order valence-corrected chi connectivity index (χ2v) is 4.84. The number of dihydropyridines is 1. The third kappa shape index (κ3) is 1.68. The Morgan fingerprint density at radius 2 is 1.80 bits per heavy atom. The second kappa shape index (κ2) is 4.63. The van der Waals surface area contributed by atoms with Crippen molar-refractivity contribution < 1.29 is 14.3 Å². The summed E-state index contributed by atoms with van der Waals surface area (Å²) in [6.07, 6.45) is 1.67. The van der Waals surface area contributed by atoms with E-state index in [1.54, 1.807) is 30.5 Å². The fourth-order valence-electron chi connectivity index (χ4n) is 2.70. The third-order valence-corrected chi connectivity index (χ3v) is 3.69. The molecule has 1 N–H and O–H groups in total. The average molecular weight is 269 g/mol. The Morgan fingerprint density at radius 3 is 2.45 bits per heavy atom. The smallest absolute Gasteiger partial charge is 0.210 e. The first kappa shape index (κ1) is 12.7. The number of carbonyl (C=O) groups is 2. The van der Waals surface area contributed by atoms with Crippen molar-refractivity contribution in [3.63, 3.8) is 0 Å². The highest BCUT2D eigenvalue weighted by molar-refractivity contribution is 6.27. The molecule has 2 aliphatic rings. The average Bonchev–Trinajstić information content (AvgIpc) is 2.47. The standard InChI is InChI=1S/C16H15NO3/c1-3-20-12-8-17-14-13(9(12)2)15(18)10-6-4-5-7-11(10)16(14)19/h4-9,17H,3H2,1-2H3. The Hall–Kier alpha value is -2.36. The van der Waals surface area contributed by atoms with Crippen LogP contribution in [0.4, 0.5) is 0 Å². The van der Waals surface area contributed by atoms with Gasteiger partial charge in [-0.25, -0.2) is 0 Å². The van der Waals surface area contributed by atoms with E-state index in [9.17, 15) is 9.59 Å². The number of nitrogens with one attached hydrogen (secondary N) is 1. The second-order valence-electron chi connectivity index (χ2n) is 4.84. The summed E-state index contributed by atoms with van der Waals surface area (Å²) in [6, 6.07) is 6.93. The molecule has 1 heterocycles. The number of fused-ring (bicyclic) bond motifs is 1. The zero-order valence-corrected chi connectivity index (χ0v) is 11.4. The molecule has 1 aromatic rings. The fourth-order valence-corrected chi connectivity index (χ4v) is 2.70. The van der Waals surface area contributed by atoms with Gasteiger partial charge in [0, 0.05) is 28.8 Å². The number of carbonyl (C=O) groups excluding carboxylic acids is 2. The van der Waals surface area contributed by atoms with E-state index in [1.807, 2.05) is 13.8 Å². The number of rotatable bonds is 2. The summed E-state index contributed by atoms with van der Waals surface area (Å²) in [5.74, 6) is 0.247. The van der Waals surface area contributed by atoms with Gasteiger partial charge in [0.1, 0.15) is 5.76 Å². The Labute approximate surface area is 117 Å². The highest BCUT2D eigenvalue weighted by atomic mass is 16.5. The monoisotopic (exact) mass is 269 g/mol. The molecule has 1 aromatic carbocycles. The molecule has 1 aliphatic heterocycles. The quantitative estimate of drug-likeness (QED) is 0.896. The lowest BCUT2D eigenvalue weighted by Crippen LogP contribution is -2.35. The minimum absolute atomic E-state index is 0.0968. The van der Waals surface area contributed by atoms with Crippen molar-refractivity contribution in [1.82, 2.24) is 5.32 Å². The van der Waals surface area contributed by atoms with Gasteiger partial charge >= 0.3 is 0 Å². The number of hydrogen-bond donors (Lipinski definition) is 1. The summed E-state index contributed by atoms with van der Waals surface area (Å²) in [5, 5.41) is 2.93. The molecule has 4 heteroatoms. The van der Waals surface area contributed by atoms with Crippen molar-refractivity contribution in [3.05, 3.63) is 58.6 Å². The van der Waals surface area contributed by atoms with Crippen molar-refractivity contribution in [3.8, 4) is 0 Å². The summed E-state index contributed by atoms with van der Waals surface area (Å²) in [7, 11) is 0. The van der Waals surface area contributed by atoms with E-state index < -0.39 is 0 Å². The topological polar surface area (TPSA) is 55.4 Å². The first-order valence-corrected chi connectivity index (χ1v) is 6.67. The first-order valence-electron chi connectivity index (χ1n) is 6.67. The molecule has 0 saturated heterocycles. The van der Waals surface area contributed by atoms with Crippen LogP contribution in [-0.2, 0) is 4.74 Å². The number of allylic oxidation sites excluding steroid dienone is 2. The molecule has 0 fully saturated rings. The van der Waals surface area contributed by atoms with Crippen LogP contribution in [0.3, 0.4) is 0 Å². The largest absolute Gasteiger partial charge is 0.496 e. The zero-order valence-electron chi connectivity index (χ0n) is 11.4. The SMILES string of the molecule is CCOC1=CNC2=C(C(=O)c3ccccc3C2=O)C1C. The van der Waals surface area contributed by atoms with Crippen LogP contribution < -0.4 is 5.32 Å². The molecular weight excluding hydrogens is 254 g/mol. The van der Waals surface area contributed by atoms with Crippen molar-refractivity contribution in [2.24, 2.45) is 5.92 Å². The predicted molar refractivity (Wildman–Crippen MR) is 74.1 cm³/mol. The number of hydrogen-bond acceptors (Lipinski definition) is 4. The molecule has 0 aromatic heterocycles. The number of Topliss-reactive ketones (excluding diaryl/α,β-unsaturated/α-hetero) is 2. The van der Waals surface area contributed by atoms with Crippen LogP contribution in [0.5, 0.6) is 0 Å². The fraction of sp³-hybridized carbons (Fsp3) is 0.250. The lowest BCUT2D eigenvalue weighted by atomic mass is 9.80. The summed E-state index contributed by atoms with van der Waals surface area (Å²) < 4.78 is 5.52. The van der Waals surface area contributed by atoms with Gasteiger partial charge in [-0.3, -0.25) is 9.59 Å². The minimum atomic E-state index is -0.212. The molecule has 0 saturated carbocycles. The summed E-state index contributed by atoms with van der Waals surface area (Å²) in [6.45, 7) is 4.30. The number of ketones is 2. The van der Waals surface area contributed by atoms with Crippen LogP contribution in [0, 0.1) is 5.92 Å².